The number of ether oxygens (including phenoxy) is 5. The molecule has 1 rings (SSSR count). The average Bonchev–Trinajstić information content (AvgIpc) is 3.46. The van der Waals surface area contributed by atoms with Crippen molar-refractivity contribution in [1.29, 1.82) is 0 Å². The van der Waals surface area contributed by atoms with Crippen molar-refractivity contribution in [2.75, 3.05) is 13.2 Å². The van der Waals surface area contributed by atoms with E-state index in [4.69, 9.17) is 23.7 Å². The van der Waals surface area contributed by atoms with Crippen LogP contribution in [0.4, 0.5) is 0 Å². The number of carboxylic acid groups (broad SMARTS) is 1. The van der Waals surface area contributed by atoms with E-state index >= 15 is 0 Å². The van der Waals surface area contributed by atoms with E-state index in [-0.39, 0.29) is 25.9 Å². The van der Waals surface area contributed by atoms with Crippen LogP contribution in [-0.4, -0.2) is 89.2 Å². The van der Waals surface area contributed by atoms with Gasteiger partial charge in [-0.1, -0.05) is 234 Å². The van der Waals surface area contributed by atoms with Crippen molar-refractivity contribution in [3.05, 3.63) is 97.2 Å². The molecule has 0 amide bonds. The summed E-state index contributed by atoms with van der Waals surface area (Å²) in [5, 5.41) is 31.5. The maximum atomic E-state index is 13.1. The summed E-state index contributed by atoms with van der Waals surface area (Å²) in [7, 11) is 0. The lowest BCUT2D eigenvalue weighted by Crippen LogP contribution is -2.61. The van der Waals surface area contributed by atoms with Gasteiger partial charge >= 0.3 is 23.9 Å². The molecule has 12 heteroatoms. The molecule has 0 spiro atoms. The molecule has 0 aliphatic carbocycles. The Morgan fingerprint density at radius 2 is 0.797 bits per heavy atom. The zero-order valence-electron chi connectivity index (χ0n) is 49.6. The number of aliphatic hydroxyl groups is 2. The number of carboxylic acids is 1. The van der Waals surface area contributed by atoms with Gasteiger partial charge in [-0.2, -0.15) is 0 Å². The zero-order chi connectivity index (χ0) is 57.5. The summed E-state index contributed by atoms with van der Waals surface area (Å²) in [6.45, 7) is 5.74. The fourth-order valence-electron chi connectivity index (χ4n) is 8.94. The van der Waals surface area contributed by atoms with Crippen molar-refractivity contribution >= 4 is 23.9 Å². The Balaban J connectivity index is 2.69. The third-order valence-corrected chi connectivity index (χ3v) is 13.7. The summed E-state index contributed by atoms with van der Waals surface area (Å²) >= 11 is 0. The first-order valence-electron chi connectivity index (χ1n) is 31.2. The predicted octanol–water partition coefficient (Wildman–Crippen LogP) is 16.5. The fourth-order valence-corrected chi connectivity index (χ4v) is 8.94. The SMILES string of the molecule is CC/C=C\C/C=C\C/C=C\C/C=C\C/C=C\CCCCCC(=O)OC1C(OCC(COC(=O)CCCCCCCCCCCCCCCCCCC)OC(=O)CCCCC/C=C\C/C=C\C/C=C\CC)OC(C(=O)O)C(O)C1O. The molecule has 1 saturated heterocycles. The maximum absolute atomic E-state index is 13.1. The molecule has 1 aliphatic rings. The second-order valence-electron chi connectivity index (χ2n) is 20.9. The molecule has 450 valence electrons. The number of aliphatic hydroxyl groups excluding tert-OH is 2. The van der Waals surface area contributed by atoms with Gasteiger partial charge in [0, 0.05) is 19.3 Å². The largest absolute Gasteiger partial charge is 0.479 e. The van der Waals surface area contributed by atoms with Crippen LogP contribution in [0.2, 0.25) is 0 Å². The summed E-state index contributed by atoms with van der Waals surface area (Å²) in [4.78, 5) is 51.2. The normalized spacial score (nSPS) is 18.5. The molecule has 0 aromatic rings. The Labute approximate surface area is 479 Å². The summed E-state index contributed by atoms with van der Waals surface area (Å²) in [5.41, 5.74) is 0. The number of rotatable bonds is 52. The predicted molar refractivity (Wildman–Crippen MR) is 321 cm³/mol. The zero-order valence-corrected chi connectivity index (χ0v) is 49.6. The van der Waals surface area contributed by atoms with Gasteiger partial charge in [-0.15, -0.1) is 0 Å². The van der Waals surface area contributed by atoms with Gasteiger partial charge in [0.05, 0.1) is 6.61 Å². The van der Waals surface area contributed by atoms with Crippen LogP contribution in [0.15, 0.2) is 97.2 Å². The molecule has 1 heterocycles. The van der Waals surface area contributed by atoms with E-state index in [1.165, 1.54) is 83.5 Å². The maximum Gasteiger partial charge on any atom is 0.335 e. The fraction of sp³-hybridized carbons (Fsp3) is 0.701. The summed E-state index contributed by atoms with van der Waals surface area (Å²) < 4.78 is 28.4. The van der Waals surface area contributed by atoms with Gasteiger partial charge < -0.3 is 39.0 Å². The van der Waals surface area contributed by atoms with Gasteiger partial charge in [0.2, 0.25) is 0 Å². The van der Waals surface area contributed by atoms with Crippen LogP contribution in [0.1, 0.15) is 252 Å². The van der Waals surface area contributed by atoms with E-state index < -0.39 is 67.3 Å². The number of hydrogen-bond acceptors (Lipinski definition) is 11. The molecule has 0 bridgehead atoms. The highest BCUT2D eigenvalue weighted by molar-refractivity contribution is 5.74. The van der Waals surface area contributed by atoms with Crippen LogP contribution < -0.4 is 0 Å². The molecule has 79 heavy (non-hydrogen) atoms. The molecular formula is C67H110O12. The minimum atomic E-state index is -1.92. The molecule has 0 saturated carbocycles. The first kappa shape index (κ1) is 72.7. The van der Waals surface area contributed by atoms with Crippen LogP contribution in [0.25, 0.3) is 0 Å². The van der Waals surface area contributed by atoms with Crippen molar-refractivity contribution in [2.45, 2.75) is 289 Å². The monoisotopic (exact) mass is 1110 g/mol. The molecule has 1 aliphatic heterocycles. The van der Waals surface area contributed by atoms with Crippen molar-refractivity contribution in [3.8, 4) is 0 Å². The molecule has 6 unspecified atom stereocenters. The smallest absolute Gasteiger partial charge is 0.335 e. The molecule has 0 aromatic heterocycles. The Hall–Kier alpha value is -4.36. The Kier molecular flexibility index (Phi) is 49.9. The van der Waals surface area contributed by atoms with Crippen molar-refractivity contribution < 1.29 is 58.2 Å². The number of unbranched alkanes of at least 4 members (excludes halogenated alkanes) is 22. The van der Waals surface area contributed by atoms with E-state index in [0.717, 1.165) is 109 Å². The average molecular weight is 1110 g/mol. The number of aliphatic carboxylic acids is 1. The Bertz CT molecular complexity index is 1740. The minimum absolute atomic E-state index is 0.0144. The van der Waals surface area contributed by atoms with Gasteiger partial charge in [-0.3, -0.25) is 14.4 Å². The third kappa shape index (κ3) is 44.0. The van der Waals surface area contributed by atoms with E-state index in [0.29, 0.717) is 19.3 Å². The lowest BCUT2D eigenvalue weighted by molar-refractivity contribution is -0.301. The first-order valence-corrected chi connectivity index (χ1v) is 31.2. The van der Waals surface area contributed by atoms with Crippen LogP contribution >= 0.6 is 0 Å². The quantitative estimate of drug-likeness (QED) is 0.0228. The minimum Gasteiger partial charge on any atom is -0.479 e. The topological polar surface area (TPSA) is 175 Å². The lowest BCUT2D eigenvalue weighted by Gasteiger charge is -2.40. The van der Waals surface area contributed by atoms with Crippen molar-refractivity contribution in [1.82, 2.24) is 0 Å². The number of allylic oxidation sites excluding steroid dienone is 16. The highest BCUT2D eigenvalue weighted by atomic mass is 16.7. The van der Waals surface area contributed by atoms with Crippen LogP contribution in [0.3, 0.4) is 0 Å². The standard InChI is InChI=1S/C67H110O12/c1-4-7-10-13-16-19-22-25-27-29-30-32-34-37-40-43-46-49-52-55-61(70)78-65-63(72)62(71)64(66(73)74)79-67(65)76-57-58(77-60(69)54-51-48-45-42-39-35-24-21-18-15-12-9-6-3)56-75-59(68)53-50-47-44-41-38-36-33-31-28-26-23-20-17-14-11-8-5-2/h7,9-10,12,16,18-19,21,25,27,30,32,35,37,39-40,58,62-65,67,71-72H,4-6,8,11,13-15,17,20,22-24,26,28-29,31,33-34,36,38,41-57H2,1-3H3,(H,73,74)/b10-7-,12-9-,19-16-,21-18-,27-25-,32-30-,39-35-,40-37-. The number of carbonyl (C=O) groups is 4. The highest BCUT2D eigenvalue weighted by Gasteiger charge is 2.50. The number of esters is 3. The molecular weight excluding hydrogens is 997 g/mol. The number of hydrogen-bond donors (Lipinski definition) is 3. The van der Waals surface area contributed by atoms with Gasteiger partial charge in [0.1, 0.15) is 18.8 Å². The molecule has 0 radical (unpaired) electrons. The van der Waals surface area contributed by atoms with Crippen LogP contribution in [-0.2, 0) is 42.9 Å². The molecule has 0 aromatic carbocycles. The highest BCUT2D eigenvalue weighted by Crippen LogP contribution is 2.26. The Morgan fingerprint density at radius 3 is 1.22 bits per heavy atom. The van der Waals surface area contributed by atoms with E-state index in [2.05, 4.69) is 118 Å². The number of carbonyl (C=O) groups excluding carboxylic acids is 3. The molecule has 12 nitrogen and oxygen atoms in total. The van der Waals surface area contributed by atoms with Gasteiger partial charge in [-0.25, -0.2) is 4.79 Å². The Morgan fingerprint density at radius 1 is 0.430 bits per heavy atom. The summed E-state index contributed by atoms with van der Waals surface area (Å²) in [6, 6.07) is 0. The second kappa shape index (κ2) is 54.2. The van der Waals surface area contributed by atoms with Gasteiger partial charge in [0.15, 0.2) is 24.6 Å². The first-order chi connectivity index (χ1) is 38.6. The van der Waals surface area contributed by atoms with Crippen molar-refractivity contribution in [3.63, 3.8) is 0 Å². The summed E-state index contributed by atoms with van der Waals surface area (Å²) in [6.07, 6.45) is 59.5. The van der Waals surface area contributed by atoms with Crippen LogP contribution in [0.5, 0.6) is 0 Å². The molecule has 3 N–H and O–H groups in total. The molecule has 6 atom stereocenters. The van der Waals surface area contributed by atoms with E-state index in [1.54, 1.807) is 0 Å². The van der Waals surface area contributed by atoms with Crippen molar-refractivity contribution in [2.24, 2.45) is 0 Å². The molecule has 1 fully saturated rings. The van der Waals surface area contributed by atoms with E-state index in [1.807, 2.05) is 0 Å². The van der Waals surface area contributed by atoms with Gasteiger partial charge in [0.25, 0.3) is 0 Å². The third-order valence-electron chi connectivity index (χ3n) is 13.7. The second-order valence-corrected chi connectivity index (χ2v) is 20.9. The van der Waals surface area contributed by atoms with Crippen LogP contribution in [0, 0.1) is 0 Å². The lowest BCUT2D eigenvalue weighted by atomic mass is 9.98. The summed E-state index contributed by atoms with van der Waals surface area (Å²) in [5.74, 6) is -3.20. The van der Waals surface area contributed by atoms with Gasteiger partial charge in [-0.05, 0) is 96.3 Å². The van der Waals surface area contributed by atoms with E-state index in [9.17, 15) is 34.5 Å².